The highest BCUT2D eigenvalue weighted by molar-refractivity contribution is 6.35. The molecule has 1 aromatic heterocycles. The summed E-state index contributed by atoms with van der Waals surface area (Å²) >= 11 is 0. The lowest BCUT2D eigenvalue weighted by Crippen LogP contribution is -2.30. The number of benzene rings is 2. The van der Waals surface area contributed by atoms with E-state index in [1.54, 1.807) is 13.0 Å². The summed E-state index contributed by atoms with van der Waals surface area (Å²) in [6.07, 6.45) is 0. The number of aromatic nitrogens is 1. The molecule has 0 saturated heterocycles. The van der Waals surface area contributed by atoms with Gasteiger partial charge in [-0.15, -0.1) is 0 Å². The number of nitrogens with one attached hydrogen (secondary N) is 1. The lowest BCUT2D eigenvalue weighted by atomic mass is 10.0. The first kappa shape index (κ1) is 18.6. The van der Waals surface area contributed by atoms with Crippen LogP contribution in [0.5, 0.6) is 0 Å². The van der Waals surface area contributed by atoms with E-state index in [-0.39, 0.29) is 28.4 Å². The molecule has 0 spiro atoms. The van der Waals surface area contributed by atoms with Crippen LogP contribution in [-0.2, 0) is 0 Å². The average Bonchev–Trinajstić information content (AvgIpc) is 3.17. The van der Waals surface area contributed by atoms with Gasteiger partial charge >= 0.3 is 0 Å². The molecule has 0 unspecified atom stereocenters. The second-order valence-electron chi connectivity index (χ2n) is 7.23. The van der Waals surface area contributed by atoms with Crippen LogP contribution in [-0.4, -0.2) is 22.9 Å². The molecule has 146 valence electrons. The highest BCUT2D eigenvalue weighted by Crippen LogP contribution is 2.34. The molecule has 1 N–H and O–H groups in total. The molecule has 0 radical (unpaired) electrons. The minimum Gasteiger partial charge on any atom is -0.360 e. The Morgan fingerprint density at radius 1 is 0.931 bits per heavy atom. The van der Waals surface area contributed by atoms with Crippen LogP contribution in [0.3, 0.4) is 0 Å². The summed E-state index contributed by atoms with van der Waals surface area (Å²) in [4.78, 5) is 39.7. The average molecular weight is 389 g/mol. The summed E-state index contributed by atoms with van der Waals surface area (Å²) in [7, 11) is 0. The Morgan fingerprint density at radius 3 is 2.21 bits per heavy atom. The number of fused-ring (bicyclic) bond motifs is 1. The molecule has 29 heavy (non-hydrogen) atoms. The monoisotopic (exact) mass is 389 g/mol. The highest BCUT2D eigenvalue weighted by atomic mass is 16.5. The zero-order chi connectivity index (χ0) is 20.9. The van der Waals surface area contributed by atoms with E-state index in [9.17, 15) is 14.4 Å². The van der Waals surface area contributed by atoms with Crippen molar-refractivity contribution in [2.45, 2.75) is 27.7 Å². The van der Waals surface area contributed by atoms with Gasteiger partial charge in [0.25, 0.3) is 17.7 Å². The molecule has 7 nitrogen and oxygen atoms in total. The molecule has 0 aliphatic carbocycles. The number of aryl methyl sites for hydroxylation is 4. The van der Waals surface area contributed by atoms with Crippen molar-refractivity contribution in [2.75, 3.05) is 10.2 Å². The summed E-state index contributed by atoms with van der Waals surface area (Å²) in [6.45, 7) is 7.43. The Bertz CT molecular complexity index is 1170. The molecular weight excluding hydrogens is 370 g/mol. The van der Waals surface area contributed by atoms with E-state index in [4.69, 9.17) is 4.52 Å². The number of imide groups is 1. The zero-order valence-corrected chi connectivity index (χ0v) is 16.5. The van der Waals surface area contributed by atoms with Crippen molar-refractivity contribution in [3.63, 3.8) is 0 Å². The quantitative estimate of drug-likeness (QED) is 0.685. The van der Waals surface area contributed by atoms with E-state index < -0.39 is 11.8 Å². The number of carbonyl (C=O) groups is 3. The summed E-state index contributed by atoms with van der Waals surface area (Å²) in [5.41, 5.74) is 4.08. The number of hydrogen-bond acceptors (Lipinski definition) is 5. The lowest BCUT2D eigenvalue weighted by Gasteiger charge is -2.20. The Kier molecular flexibility index (Phi) is 4.30. The molecule has 0 saturated carbocycles. The van der Waals surface area contributed by atoms with Crippen molar-refractivity contribution in [3.8, 4) is 0 Å². The maximum Gasteiger partial charge on any atom is 0.266 e. The van der Waals surface area contributed by atoms with Crippen molar-refractivity contribution in [1.82, 2.24) is 5.16 Å². The second-order valence-corrected chi connectivity index (χ2v) is 7.23. The summed E-state index contributed by atoms with van der Waals surface area (Å²) in [5.74, 6) is -0.425. The normalized spacial score (nSPS) is 13.0. The van der Waals surface area contributed by atoms with Crippen LogP contribution in [0.15, 0.2) is 40.9 Å². The summed E-state index contributed by atoms with van der Waals surface area (Å²) in [6, 6.07) is 9.93. The van der Waals surface area contributed by atoms with E-state index in [0.717, 1.165) is 16.7 Å². The molecule has 1 aliphatic rings. The molecule has 3 aromatic rings. The Hall–Kier alpha value is -3.74. The minimum absolute atomic E-state index is 0.207. The number of anilines is 2. The maximum absolute atomic E-state index is 13.1. The predicted molar refractivity (Wildman–Crippen MR) is 107 cm³/mol. The number of hydrogen-bond donors (Lipinski definition) is 1. The predicted octanol–water partition coefficient (Wildman–Crippen LogP) is 3.96. The van der Waals surface area contributed by atoms with Gasteiger partial charge in [-0.05, 0) is 57.0 Å². The Balaban J connectivity index is 1.69. The molecule has 2 heterocycles. The second kappa shape index (κ2) is 6.70. The Morgan fingerprint density at radius 2 is 1.59 bits per heavy atom. The van der Waals surface area contributed by atoms with Gasteiger partial charge in [-0.25, -0.2) is 4.90 Å². The molecule has 2 aromatic carbocycles. The van der Waals surface area contributed by atoms with Crippen LogP contribution in [0, 0.1) is 27.7 Å². The third kappa shape index (κ3) is 3.10. The van der Waals surface area contributed by atoms with Crippen LogP contribution in [0.1, 0.15) is 53.5 Å². The Labute approximate surface area is 167 Å². The van der Waals surface area contributed by atoms with Crippen LogP contribution in [0.2, 0.25) is 0 Å². The fourth-order valence-electron chi connectivity index (χ4n) is 3.72. The molecule has 0 bridgehead atoms. The van der Waals surface area contributed by atoms with E-state index >= 15 is 0 Å². The molecule has 1 aliphatic heterocycles. The van der Waals surface area contributed by atoms with Crippen LogP contribution >= 0.6 is 0 Å². The van der Waals surface area contributed by atoms with Crippen molar-refractivity contribution in [1.29, 1.82) is 0 Å². The first-order valence-electron chi connectivity index (χ1n) is 9.11. The molecular formula is C22H19N3O4. The maximum atomic E-state index is 13.1. The van der Waals surface area contributed by atoms with Crippen molar-refractivity contribution in [3.05, 3.63) is 75.5 Å². The molecule has 0 fully saturated rings. The number of carbonyl (C=O) groups excluding carboxylic acids is 3. The third-order valence-electron chi connectivity index (χ3n) is 4.88. The van der Waals surface area contributed by atoms with Gasteiger partial charge in [-0.1, -0.05) is 22.9 Å². The van der Waals surface area contributed by atoms with Crippen LogP contribution in [0.25, 0.3) is 0 Å². The van der Waals surface area contributed by atoms with Gasteiger partial charge in [0.05, 0.1) is 16.8 Å². The van der Waals surface area contributed by atoms with Gasteiger partial charge in [0.15, 0.2) is 5.82 Å². The van der Waals surface area contributed by atoms with Gasteiger partial charge in [0.1, 0.15) is 5.76 Å². The molecule has 4 rings (SSSR count). The SMILES string of the molecule is Cc1cc(C)c(N2C(=O)c3ccc(C(=O)Nc4cc(C)on4)cc3C2=O)c(C)c1. The number of amides is 3. The summed E-state index contributed by atoms with van der Waals surface area (Å²) < 4.78 is 4.93. The first-order valence-corrected chi connectivity index (χ1v) is 9.11. The van der Waals surface area contributed by atoms with E-state index in [2.05, 4.69) is 10.5 Å². The highest BCUT2D eigenvalue weighted by Gasteiger charge is 2.38. The van der Waals surface area contributed by atoms with Crippen molar-refractivity contribution in [2.24, 2.45) is 0 Å². The minimum atomic E-state index is -0.442. The summed E-state index contributed by atoms with van der Waals surface area (Å²) in [5, 5.41) is 6.33. The third-order valence-corrected chi connectivity index (χ3v) is 4.88. The molecule has 3 amide bonds. The number of rotatable bonds is 3. The smallest absolute Gasteiger partial charge is 0.266 e. The molecule has 0 atom stereocenters. The van der Waals surface area contributed by atoms with Crippen molar-refractivity contribution >= 4 is 29.2 Å². The number of nitrogens with zero attached hydrogens (tertiary/aromatic N) is 2. The standard InChI is InChI=1S/C22H19N3O4/c1-11-7-12(2)19(13(3)8-11)25-21(27)16-6-5-15(10-17(16)22(25)28)20(26)23-18-9-14(4)29-24-18/h5-10H,1-4H3,(H,23,24,26). The van der Waals surface area contributed by atoms with Crippen LogP contribution < -0.4 is 10.2 Å². The topological polar surface area (TPSA) is 92.5 Å². The fraction of sp³-hybridized carbons (Fsp3) is 0.182. The van der Waals surface area contributed by atoms with Gasteiger partial charge in [0, 0.05) is 11.6 Å². The van der Waals surface area contributed by atoms with Gasteiger partial charge < -0.3 is 9.84 Å². The van der Waals surface area contributed by atoms with Gasteiger partial charge in [-0.2, -0.15) is 0 Å². The first-order chi connectivity index (χ1) is 13.8. The van der Waals surface area contributed by atoms with E-state index in [0.29, 0.717) is 11.4 Å². The van der Waals surface area contributed by atoms with Crippen LogP contribution in [0.4, 0.5) is 11.5 Å². The molecule has 7 heteroatoms. The fourth-order valence-corrected chi connectivity index (χ4v) is 3.72. The van der Waals surface area contributed by atoms with Gasteiger partial charge in [0.2, 0.25) is 0 Å². The largest absolute Gasteiger partial charge is 0.360 e. The lowest BCUT2D eigenvalue weighted by molar-refractivity contribution is 0.0925. The van der Waals surface area contributed by atoms with E-state index in [1.807, 2.05) is 32.9 Å². The van der Waals surface area contributed by atoms with E-state index in [1.165, 1.54) is 23.1 Å². The zero-order valence-electron chi connectivity index (χ0n) is 16.5. The van der Waals surface area contributed by atoms with Crippen molar-refractivity contribution < 1.29 is 18.9 Å². The van der Waals surface area contributed by atoms with Gasteiger partial charge in [-0.3, -0.25) is 14.4 Å².